The molecule has 2 aromatic rings. The van der Waals surface area contributed by atoms with E-state index < -0.39 is 10.0 Å². The van der Waals surface area contributed by atoms with E-state index in [0.717, 1.165) is 19.3 Å². The number of Topliss-reactive ketones (excluding diaryl/α,β-unsaturated/α-hetero) is 1. The highest BCUT2D eigenvalue weighted by Crippen LogP contribution is 2.32. The van der Waals surface area contributed by atoms with E-state index in [2.05, 4.69) is 10.2 Å². The molecule has 0 radical (unpaired) electrons. The molecule has 1 saturated carbocycles. The number of hydrogen-bond acceptors (Lipinski definition) is 8. The van der Waals surface area contributed by atoms with Gasteiger partial charge in [0.25, 0.3) is 5.22 Å². The van der Waals surface area contributed by atoms with Crippen LogP contribution in [0, 0.1) is 0 Å². The fourth-order valence-corrected chi connectivity index (χ4v) is 5.74. The van der Waals surface area contributed by atoms with Gasteiger partial charge in [0.2, 0.25) is 15.9 Å². The number of sulfonamides is 1. The van der Waals surface area contributed by atoms with Crippen molar-refractivity contribution in [1.29, 1.82) is 0 Å². The SMILES string of the molecule is O=C1CCCC[C@@H]1Sc1nnc(-c2cccc(S(=O)(=O)N3CCOCC3)c2)o1. The van der Waals surface area contributed by atoms with Crippen LogP contribution in [0.15, 0.2) is 38.8 Å². The number of benzene rings is 1. The average Bonchev–Trinajstić information content (AvgIpc) is 3.19. The van der Waals surface area contributed by atoms with Gasteiger partial charge in [-0.3, -0.25) is 4.79 Å². The van der Waals surface area contributed by atoms with Crippen LogP contribution in [0.3, 0.4) is 0 Å². The molecule has 1 aliphatic carbocycles. The minimum absolute atomic E-state index is 0.143. The van der Waals surface area contributed by atoms with Crippen LogP contribution < -0.4 is 0 Å². The summed E-state index contributed by atoms with van der Waals surface area (Å²) >= 11 is 1.29. The molecule has 2 heterocycles. The number of aromatic nitrogens is 2. The molecule has 10 heteroatoms. The molecule has 1 aromatic heterocycles. The number of ketones is 1. The first-order valence-electron chi connectivity index (χ1n) is 9.25. The maximum absolute atomic E-state index is 12.8. The smallest absolute Gasteiger partial charge is 0.277 e. The molecule has 2 fully saturated rings. The van der Waals surface area contributed by atoms with Crippen LogP contribution in [0.1, 0.15) is 25.7 Å². The van der Waals surface area contributed by atoms with Crippen molar-refractivity contribution < 1.29 is 22.4 Å². The summed E-state index contributed by atoms with van der Waals surface area (Å²) in [5, 5.41) is 8.24. The average molecular weight is 424 g/mol. The third-order valence-corrected chi connectivity index (χ3v) is 7.88. The number of carbonyl (C=O) groups is 1. The molecule has 0 spiro atoms. The molecule has 28 heavy (non-hydrogen) atoms. The molecule has 0 bridgehead atoms. The largest absolute Gasteiger partial charge is 0.411 e. The Labute approximate surface area is 167 Å². The predicted molar refractivity (Wildman–Crippen MR) is 102 cm³/mol. The van der Waals surface area contributed by atoms with Crippen LogP contribution in [0.2, 0.25) is 0 Å². The van der Waals surface area contributed by atoms with Crippen molar-refractivity contribution in [2.24, 2.45) is 0 Å². The van der Waals surface area contributed by atoms with Crippen LogP contribution in [-0.4, -0.2) is 60.3 Å². The van der Waals surface area contributed by atoms with Gasteiger partial charge in [-0.15, -0.1) is 10.2 Å². The summed E-state index contributed by atoms with van der Waals surface area (Å²) in [6, 6.07) is 6.48. The lowest BCUT2D eigenvalue weighted by Gasteiger charge is -2.26. The van der Waals surface area contributed by atoms with Crippen molar-refractivity contribution in [3.8, 4) is 11.5 Å². The number of nitrogens with zero attached hydrogens (tertiary/aromatic N) is 3. The molecule has 4 rings (SSSR count). The van der Waals surface area contributed by atoms with Crippen molar-refractivity contribution in [2.75, 3.05) is 26.3 Å². The van der Waals surface area contributed by atoms with Crippen molar-refractivity contribution in [2.45, 2.75) is 41.1 Å². The Balaban J connectivity index is 1.53. The van der Waals surface area contributed by atoms with Gasteiger partial charge in [0.05, 0.1) is 23.4 Å². The summed E-state index contributed by atoms with van der Waals surface area (Å²) in [5.41, 5.74) is 0.531. The van der Waals surface area contributed by atoms with E-state index in [-0.39, 0.29) is 21.8 Å². The van der Waals surface area contributed by atoms with E-state index in [1.165, 1.54) is 16.1 Å². The molecule has 150 valence electrons. The monoisotopic (exact) mass is 423 g/mol. The lowest BCUT2D eigenvalue weighted by molar-refractivity contribution is -0.119. The summed E-state index contributed by atoms with van der Waals surface area (Å²) in [5.74, 6) is 0.458. The maximum atomic E-state index is 12.8. The Morgan fingerprint density at radius 3 is 2.75 bits per heavy atom. The van der Waals surface area contributed by atoms with E-state index in [0.29, 0.717) is 43.5 Å². The highest BCUT2D eigenvalue weighted by Gasteiger charge is 2.28. The number of morpholine rings is 1. The summed E-state index contributed by atoms with van der Waals surface area (Å²) < 4.78 is 38.0. The van der Waals surface area contributed by atoms with Crippen LogP contribution in [0.25, 0.3) is 11.5 Å². The van der Waals surface area contributed by atoms with E-state index in [9.17, 15) is 13.2 Å². The van der Waals surface area contributed by atoms with Crippen LogP contribution >= 0.6 is 11.8 Å². The van der Waals surface area contributed by atoms with E-state index in [1.807, 2.05) is 0 Å². The Bertz CT molecular complexity index is 954. The number of rotatable bonds is 5. The summed E-state index contributed by atoms with van der Waals surface area (Å²) in [6.45, 7) is 1.46. The van der Waals surface area contributed by atoms with Crippen molar-refractivity contribution in [3.05, 3.63) is 24.3 Å². The molecule has 1 atom stereocenters. The Hall–Kier alpha value is -1.75. The second-order valence-electron chi connectivity index (χ2n) is 6.74. The first kappa shape index (κ1) is 19.6. The molecule has 0 unspecified atom stereocenters. The van der Waals surface area contributed by atoms with Gasteiger partial charge >= 0.3 is 0 Å². The standard InChI is InChI=1S/C18H21N3O5S2/c22-15-6-1-2-7-16(15)27-18-20-19-17(26-18)13-4-3-5-14(12-13)28(23,24)21-8-10-25-11-9-21/h3-5,12,16H,1-2,6-11H2/t16-/m0/s1. The fraction of sp³-hybridized carbons (Fsp3) is 0.500. The molecule has 0 amide bonds. The van der Waals surface area contributed by atoms with Gasteiger partial charge in [-0.2, -0.15) is 4.31 Å². The minimum atomic E-state index is -3.60. The molecule has 8 nitrogen and oxygen atoms in total. The topological polar surface area (TPSA) is 103 Å². The third-order valence-electron chi connectivity index (χ3n) is 4.84. The molecule has 2 aliphatic rings. The number of hydrogen-bond donors (Lipinski definition) is 0. The second-order valence-corrected chi connectivity index (χ2v) is 9.83. The Kier molecular flexibility index (Phi) is 5.81. The first-order chi connectivity index (χ1) is 13.5. The van der Waals surface area contributed by atoms with Gasteiger partial charge < -0.3 is 9.15 Å². The lowest BCUT2D eigenvalue weighted by Crippen LogP contribution is -2.40. The molecular formula is C18H21N3O5S2. The van der Waals surface area contributed by atoms with Gasteiger partial charge in [-0.05, 0) is 31.0 Å². The van der Waals surface area contributed by atoms with Gasteiger partial charge in [-0.25, -0.2) is 8.42 Å². The van der Waals surface area contributed by atoms with E-state index in [1.54, 1.807) is 24.3 Å². The summed E-state index contributed by atoms with van der Waals surface area (Å²) in [7, 11) is -3.60. The predicted octanol–water partition coefficient (Wildman–Crippen LogP) is 2.36. The summed E-state index contributed by atoms with van der Waals surface area (Å²) in [6.07, 6.45) is 3.37. The number of ether oxygens (including phenoxy) is 1. The normalized spacial score (nSPS) is 21.7. The van der Waals surface area contributed by atoms with Crippen molar-refractivity contribution in [3.63, 3.8) is 0 Å². The quantitative estimate of drug-likeness (QED) is 0.722. The number of carbonyl (C=O) groups excluding carboxylic acids is 1. The van der Waals surface area contributed by atoms with E-state index in [4.69, 9.17) is 9.15 Å². The Morgan fingerprint density at radius 2 is 1.96 bits per heavy atom. The molecule has 1 aromatic carbocycles. The maximum Gasteiger partial charge on any atom is 0.277 e. The zero-order chi connectivity index (χ0) is 19.6. The first-order valence-corrected chi connectivity index (χ1v) is 11.6. The molecule has 1 saturated heterocycles. The van der Waals surface area contributed by atoms with Gasteiger partial charge in [0, 0.05) is 25.1 Å². The third kappa shape index (κ3) is 4.14. The Morgan fingerprint density at radius 1 is 1.14 bits per heavy atom. The molecule has 0 N–H and O–H groups in total. The second kappa shape index (κ2) is 8.32. The van der Waals surface area contributed by atoms with Gasteiger partial charge in [0.15, 0.2) is 0 Å². The zero-order valence-electron chi connectivity index (χ0n) is 15.2. The van der Waals surface area contributed by atoms with Crippen LogP contribution in [0.5, 0.6) is 0 Å². The number of thioether (sulfide) groups is 1. The molecule has 1 aliphatic heterocycles. The molecular weight excluding hydrogens is 402 g/mol. The fourth-order valence-electron chi connectivity index (χ4n) is 3.30. The highest BCUT2D eigenvalue weighted by molar-refractivity contribution is 8.00. The minimum Gasteiger partial charge on any atom is -0.411 e. The van der Waals surface area contributed by atoms with E-state index >= 15 is 0 Å². The summed E-state index contributed by atoms with van der Waals surface area (Å²) in [4.78, 5) is 12.2. The van der Waals surface area contributed by atoms with Gasteiger partial charge in [-0.1, -0.05) is 24.2 Å². The van der Waals surface area contributed by atoms with Crippen molar-refractivity contribution in [1.82, 2.24) is 14.5 Å². The van der Waals surface area contributed by atoms with Crippen LogP contribution in [-0.2, 0) is 19.6 Å². The van der Waals surface area contributed by atoms with Crippen LogP contribution in [0.4, 0.5) is 0 Å². The zero-order valence-corrected chi connectivity index (χ0v) is 16.9. The highest BCUT2D eigenvalue weighted by atomic mass is 32.2. The van der Waals surface area contributed by atoms with Gasteiger partial charge in [0.1, 0.15) is 5.78 Å². The van der Waals surface area contributed by atoms with Crippen molar-refractivity contribution >= 4 is 27.6 Å². The lowest BCUT2D eigenvalue weighted by atomic mass is 9.99.